The summed E-state index contributed by atoms with van der Waals surface area (Å²) in [5, 5.41) is 2.74. The molecule has 0 aromatic heterocycles. The molecule has 110 valence electrons. The van der Waals surface area contributed by atoms with Crippen LogP contribution in [0.2, 0.25) is 0 Å². The second-order valence-electron chi connectivity index (χ2n) is 4.73. The Bertz CT molecular complexity index is 619. The fourth-order valence-electron chi connectivity index (χ4n) is 1.96. The van der Waals surface area contributed by atoms with E-state index in [1.807, 2.05) is 30.3 Å². The highest BCUT2D eigenvalue weighted by molar-refractivity contribution is 9.10. The van der Waals surface area contributed by atoms with E-state index in [-0.39, 0.29) is 17.8 Å². The second kappa shape index (κ2) is 7.33. The van der Waals surface area contributed by atoms with Gasteiger partial charge in [-0.25, -0.2) is 4.39 Å². The zero-order valence-electron chi connectivity index (χ0n) is 11.4. The summed E-state index contributed by atoms with van der Waals surface area (Å²) in [4.78, 5) is 11.9. The van der Waals surface area contributed by atoms with Gasteiger partial charge in [0.05, 0.1) is 5.69 Å². The van der Waals surface area contributed by atoms with E-state index in [0.717, 1.165) is 5.56 Å². The first-order valence-corrected chi connectivity index (χ1v) is 7.41. The largest absolute Gasteiger partial charge is 0.325 e. The van der Waals surface area contributed by atoms with Crippen molar-refractivity contribution in [3.8, 4) is 0 Å². The number of anilines is 1. The highest BCUT2D eigenvalue weighted by atomic mass is 79.9. The molecule has 0 aliphatic heterocycles. The standard InChI is InChI=1S/C16H16BrFN2O/c17-13-10-12(18)6-8-15(13)20-16(21)9-7-14(19)11-4-2-1-3-5-11/h1-6,8,10,14H,7,9,19H2,(H,20,21). The fourth-order valence-corrected chi connectivity index (χ4v) is 2.41. The molecule has 0 saturated heterocycles. The summed E-state index contributed by atoms with van der Waals surface area (Å²) in [5.41, 5.74) is 7.61. The Hall–Kier alpha value is -1.72. The monoisotopic (exact) mass is 350 g/mol. The molecule has 0 aliphatic rings. The van der Waals surface area contributed by atoms with E-state index in [0.29, 0.717) is 23.0 Å². The van der Waals surface area contributed by atoms with Crippen LogP contribution in [0.25, 0.3) is 0 Å². The first-order valence-electron chi connectivity index (χ1n) is 6.61. The van der Waals surface area contributed by atoms with Crippen LogP contribution in [0.3, 0.4) is 0 Å². The van der Waals surface area contributed by atoms with Gasteiger partial charge < -0.3 is 11.1 Å². The summed E-state index contributed by atoms with van der Waals surface area (Å²) in [5.74, 6) is -0.500. The van der Waals surface area contributed by atoms with Gasteiger partial charge in [-0.2, -0.15) is 0 Å². The maximum absolute atomic E-state index is 13.0. The third-order valence-electron chi connectivity index (χ3n) is 3.12. The number of amides is 1. The zero-order chi connectivity index (χ0) is 15.2. The predicted octanol–water partition coefficient (Wildman–Crippen LogP) is 4.01. The van der Waals surface area contributed by atoms with Gasteiger partial charge in [0.1, 0.15) is 5.82 Å². The molecule has 0 bridgehead atoms. The minimum atomic E-state index is -0.356. The summed E-state index contributed by atoms with van der Waals surface area (Å²) in [6.07, 6.45) is 0.856. The lowest BCUT2D eigenvalue weighted by Crippen LogP contribution is -2.16. The number of nitrogens with one attached hydrogen (secondary N) is 1. The van der Waals surface area contributed by atoms with Crippen LogP contribution in [0.15, 0.2) is 53.0 Å². The van der Waals surface area contributed by atoms with Crippen molar-refractivity contribution in [1.29, 1.82) is 0 Å². The van der Waals surface area contributed by atoms with Crippen LogP contribution in [0.1, 0.15) is 24.4 Å². The van der Waals surface area contributed by atoms with Gasteiger partial charge in [0, 0.05) is 16.9 Å². The first kappa shape index (κ1) is 15.7. The topological polar surface area (TPSA) is 55.1 Å². The molecule has 0 spiro atoms. The number of halogens is 2. The van der Waals surface area contributed by atoms with Gasteiger partial charge in [0.15, 0.2) is 0 Å². The average Bonchev–Trinajstić information content (AvgIpc) is 2.48. The number of benzene rings is 2. The van der Waals surface area contributed by atoms with Crippen LogP contribution in [0.4, 0.5) is 10.1 Å². The van der Waals surface area contributed by atoms with Crippen molar-refractivity contribution in [1.82, 2.24) is 0 Å². The average molecular weight is 351 g/mol. The third-order valence-corrected chi connectivity index (χ3v) is 3.77. The number of carbonyl (C=O) groups excluding carboxylic acids is 1. The van der Waals surface area contributed by atoms with Crippen molar-refractivity contribution in [2.75, 3.05) is 5.32 Å². The molecule has 2 aromatic rings. The molecule has 2 rings (SSSR count). The molecule has 5 heteroatoms. The predicted molar refractivity (Wildman–Crippen MR) is 85.3 cm³/mol. The molecule has 3 N–H and O–H groups in total. The number of carbonyl (C=O) groups is 1. The highest BCUT2D eigenvalue weighted by Crippen LogP contribution is 2.23. The van der Waals surface area contributed by atoms with Crippen LogP contribution in [0, 0.1) is 5.82 Å². The van der Waals surface area contributed by atoms with E-state index in [1.165, 1.54) is 18.2 Å². The van der Waals surface area contributed by atoms with Gasteiger partial charge in [-0.15, -0.1) is 0 Å². The van der Waals surface area contributed by atoms with Gasteiger partial charge in [0.25, 0.3) is 0 Å². The third kappa shape index (κ3) is 4.65. The first-order chi connectivity index (χ1) is 10.1. The van der Waals surface area contributed by atoms with Crippen LogP contribution in [-0.4, -0.2) is 5.91 Å². The van der Waals surface area contributed by atoms with Crippen molar-refractivity contribution < 1.29 is 9.18 Å². The van der Waals surface area contributed by atoms with Crippen LogP contribution in [-0.2, 0) is 4.79 Å². The van der Waals surface area contributed by atoms with Gasteiger partial charge >= 0.3 is 0 Å². The lowest BCUT2D eigenvalue weighted by molar-refractivity contribution is -0.116. The molecule has 0 fully saturated rings. The highest BCUT2D eigenvalue weighted by Gasteiger charge is 2.10. The lowest BCUT2D eigenvalue weighted by atomic mass is 10.0. The molecule has 0 aliphatic carbocycles. The maximum Gasteiger partial charge on any atom is 0.224 e. The molecule has 1 amide bonds. The Morgan fingerprint density at radius 2 is 1.95 bits per heavy atom. The van der Waals surface area contributed by atoms with E-state index in [4.69, 9.17) is 5.73 Å². The molecule has 3 nitrogen and oxygen atoms in total. The summed E-state index contributed by atoms with van der Waals surface area (Å²) < 4.78 is 13.5. The summed E-state index contributed by atoms with van der Waals surface area (Å²) in [7, 11) is 0. The SMILES string of the molecule is NC(CCC(=O)Nc1ccc(F)cc1Br)c1ccccc1. The smallest absolute Gasteiger partial charge is 0.224 e. The quantitative estimate of drug-likeness (QED) is 0.855. The van der Waals surface area contributed by atoms with Crippen molar-refractivity contribution >= 4 is 27.5 Å². The molecule has 1 atom stereocenters. The minimum Gasteiger partial charge on any atom is -0.325 e. The Kier molecular flexibility index (Phi) is 5.47. The fraction of sp³-hybridized carbons (Fsp3) is 0.188. The van der Waals surface area contributed by atoms with Crippen LogP contribution >= 0.6 is 15.9 Å². The van der Waals surface area contributed by atoms with E-state index < -0.39 is 0 Å². The molecule has 0 saturated carbocycles. The normalized spacial score (nSPS) is 12.0. The Morgan fingerprint density at radius 3 is 2.62 bits per heavy atom. The number of rotatable bonds is 5. The minimum absolute atomic E-state index is 0.145. The van der Waals surface area contributed by atoms with Gasteiger partial charge in [-0.3, -0.25) is 4.79 Å². The Balaban J connectivity index is 1.87. The lowest BCUT2D eigenvalue weighted by Gasteiger charge is -2.12. The van der Waals surface area contributed by atoms with Crippen molar-refractivity contribution in [2.45, 2.75) is 18.9 Å². The van der Waals surface area contributed by atoms with Crippen LogP contribution < -0.4 is 11.1 Å². The summed E-state index contributed by atoms with van der Waals surface area (Å²) >= 11 is 3.21. The molecular weight excluding hydrogens is 335 g/mol. The molecular formula is C16H16BrFN2O. The van der Waals surface area contributed by atoms with E-state index in [1.54, 1.807) is 0 Å². The molecule has 0 heterocycles. The van der Waals surface area contributed by atoms with Gasteiger partial charge in [-0.1, -0.05) is 30.3 Å². The van der Waals surface area contributed by atoms with E-state index in [9.17, 15) is 9.18 Å². The van der Waals surface area contributed by atoms with Crippen LogP contribution in [0.5, 0.6) is 0 Å². The second-order valence-corrected chi connectivity index (χ2v) is 5.58. The van der Waals surface area contributed by atoms with Crippen molar-refractivity contribution in [3.05, 3.63) is 64.4 Å². The number of nitrogens with two attached hydrogens (primary N) is 1. The van der Waals surface area contributed by atoms with E-state index >= 15 is 0 Å². The molecule has 2 aromatic carbocycles. The zero-order valence-corrected chi connectivity index (χ0v) is 12.9. The Morgan fingerprint density at radius 1 is 1.24 bits per heavy atom. The Labute approximate surface area is 131 Å². The van der Waals surface area contributed by atoms with Gasteiger partial charge in [-0.05, 0) is 46.1 Å². The summed E-state index contributed by atoms with van der Waals surface area (Å²) in [6, 6.07) is 13.6. The van der Waals surface area contributed by atoms with Crippen molar-refractivity contribution in [2.24, 2.45) is 5.73 Å². The number of hydrogen-bond donors (Lipinski definition) is 2. The number of hydrogen-bond acceptors (Lipinski definition) is 2. The van der Waals surface area contributed by atoms with E-state index in [2.05, 4.69) is 21.2 Å². The molecule has 0 radical (unpaired) electrons. The van der Waals surface area contributed by atoms with Crippen molar-refractivity contribution in [3.63, 3.8) is 0 Å². The molecule has 21 heavy (non-hydrogen) atoms. The maximum atomic E-state index is 13.0. The molecule has 1 unspecified atom stereocenters. The van der Waals surface area contributed by atoms with Gasteiger partial charge in [0.2, 0.25) is 5.91 Å². The summed E-state index contributed by atoms with van der Waals surface area (Å²) in [6.45, 7) is 0.